The Morgan fingerprint density at radius 1 is 1.30 bits per heavy atom. The average Bonchev–Trinajstić information content (AvgIpc) is 3.07. The number of amides is 2. The van der Waals surface area contributed by atoms with Crippen molar-refractivity contribution in [3.63, 3.8) is 0 Å². The summed E-state index contributed by atoms with van der Waals surface area (Å²) < 4.78 is 15.3. The third kappa shape index (κ3) is 3.31. The number of imidazole rings is 1. The van der Waals surface area contributed by atoms with Crippen LogP contribution in [0.4, 0.5) is 15.8 Å². The zero-order chi connectivity index (χ0) is 19.0. The molecule has 6 nitrogen and oxygen atoms in total. The highest BCUT2D eigenvalue weighted by Gasteiger charge is 2.31. The van der Waals surface area contributed by atoms with E-state index in [4.69, 9.17) is 0 Å². The minimum Gasteiger partial charge on any atom is -0.334 e. The van der Waals surface area contributed by atoms with Gasteiger partial charge in [0.1, 0.15) is 11.6 Å². The van der Waals surface area contributed by atoms with Crippen LogP contribution in [0.1, 0.15) is 17.9 Å². The van der Waals surface area contributed by atoms with Gasteiger partial charge in [-0.25, -0.2) is 9.37 Å². The second kappa shape index (κ2) is 6.68. The number of benzene rings is 2. The van der Waals surface area contributed by atoms with Crippen molar-refractivity contribution in [1.82, 2.24) is 9.55 Å². The van der Waals surface area contributed by atoms with Crippen molar-refractivity contribution in [1.29, 1.82) is 0 Å². The number of hydrogen-bond donors (Lipinski definition) is 2. The summed E-state index contributed by atoms with van der Waals surface area (Å²) >= 11 is 0. The summed E-state index contributed by atoms with van der Waals surface area (Å²) in [5.41, 5.74) is 2.42. The minimum absolute atomic E-state index is 0.0174. The maximum absolute atomic E-state index is 13.4. The quantitative estimate of drug-likeness (QED) is 0.749. The van der Waals surface area contributed by atoms with Gasteiger partial charge in [-0.1, -0.05) is 18.2 Å². The number of nitrogens with zero attached hydrogens (tertiary/aromatic N) is 2. The number of aryl methyl sites for hydroxylation is 1. The fourth-order valence-corrected chi connectivity index (χ4v) is 3.28. The second-order valence-corrected chi connectivity index (χ2v) is 6.47. The Morgan fingerprint density at radius 2 is 2.15 bits per heavy atom. The van der Waals surface area contributed by atoms with Gasteiger partial charge in [0, 0.05) is 42.8 Å². The molecule has 1 atom stereocenters. The molecular weight excluding hydrogens is 347 g/mol. The van der Waals surface area contributed by atoms with Gasteiger partial charge in [-0.2, -0.15) is 0 Å². The van der Waals surface area contributed by atoms with E-state index >= 15 is 0 Å². The van der Waals surface area contributed by atoms with Crippen molar-refractivity contribution in [2.75, 3.05) is 10.6 Å². The molecule has 1 aliphatic heterocycles. The molecule has 1 aromatic heterocycles. The standard InChI is InChI=1S/C20H17FN4O2/c1-25-8-7-22-19(25)12-3-2-4-14(9-12)23-20(27)16-11-18(26)24-17-10-13(21)5-6-15(16)17/h2-10,16H,11H2,1H3,(H,23,27)(H,24,26). The number of carbonyl (C=O) groups is 2. The van der Waals surface area contributed by atoms with Crippen LogP contribution < -0.4 is 10.6 Å². The van der Waals surface area contributed by atoms with Crippen molar-refractivity contribution < 1.29 is 14.0 Å². The van der Waals surface area contributed by atoms with Gasteiger partial charge in [0.25, 0.3) is 0 Å². The second-order valence-electron chi connectivity index (χ2n) is 6.47. The minimum atomic E-state index is -0.675. The van der Waals surface area contributed by atoms with Crippen LogP contribution in [-0.2, 0) is 16.6 Å². The molecule has 136 valence electrons. The lowest BCUT2D eigenvalue weighted by atomic mass is 9.89. The normalized spacial score (nSPS) is 15.8. The van der Waals surface area contributed by atoms with Gasteiger partial charge < -0.3 is 15.2 Å². The highest BCUT2D eigenvalue weighted by atomic mass is 19.1. The predicted octanol–water partition coefficient (Wildman–Crippen LogP) is 3.29. The number of anilines is 2. The molecule has 0 radical (unpaired) electrons. The number of aromatic nitrogens is 2. The molecule has 0 bridgehead atoms. The maximum atomic E-state index is 13.4. The van der Waals surface area contributed by atoms with Crippen LogP contribution in [-0.4, -0.2) is 21.4 Å². The number of fused-ring (bicyclic) bond motifs is 1. The van der Waals surface area contributed by atoms with E-state index < -0.39 is 11.7 Å². The Morgan fingerprint density at radius 3 is 2.93 bits per heavy atom. The van der Waals surface area contributed by atoms with Gasteiger partial charge in [0.15, 0.2) is 0 Å². The van der Waals surface area contributed by atoms with Gasteiger partial charge in [-0.3, -0.25) is 9.59 Å². The monoisotopic (exact) mass is 364 g/mol. The molecule has 1 unspecified atom stereocenters. The van der Waals surface area contributed by atoms with Gasteiger partial charge in [0.2, 0.25) is 11.8 Å². The summed E-state index contributed by atoms with van der Waals surface area (Å²) in [6.45, 7) is 0. The summed E-state index contributed by atoms with van der Waals surface area (Å²) in [5, 5.41) is 5.47. The van der Waals surface area contributed by atoms with E-state index in [0.717, 1.165) is 11.4 Å². The lowest BCUT2D eigenvalue weighted by molar-refractivity contribution is -0.123. The summed E-state index contributed by atoms with van der Waals surface area (Å²) in [4.78, 5) is 29.1. The van der Waals surface area contributed by atoms with E-state index in [-0.39, 0.29) is 18.2 Å². The molecular formula is C20H17FN4O2. The molecule has 0 saturated carbocycles. The SMILES string of the molecule is Cn1ccnc1-c1cccc(NC(=O)C2CC(=O)Nc3cc(F)ccc32)c1. The lowest BCUT2D eigenvalue weighted by Crippen LogP contribution is -2.30. The number of hydrogen-bond acceptors (Lipinski definition) is 3. The largest absolute Gasteiger partial charge is 0.334 e. The van der Waals surface area contributed by atoms with Crippen LogP contribution in [0.25, 0.3) is 11.4 Å². The van der Waals surface area contributed by atoms with Crippen LogP contribution in [0.5, 0.6) is 0 Å². The molecule has 27 heavy (non-hydrogen) atoms. The molecule has 0 fully saturated rings. The summed E-state index contributed by atoms with van der Waals surface area (Å²) in [6.07, 6.45) is 3.57. The number of rotatable bonds is 3. The molecule has 3 aromatic rings. The first-order chi connectivity index (χ1) is 13.0. The summed E-state index contributed by atoms with van der Waals surface area (Å²) in [6, 6.07) is 11.4. The third-order valence-corrected chi connectivity index (χ3v) is 4.58. The number of halogens is 1. The van der Waals surface area contributed by atoms with E-state index in [1.54, 1.807) is 18.3 Å². The maximum Gasteiger partial charge on any atom is 0.232 e. The fourth-order valence-electron chi connectivity index (χ4n) is 3.28. The Hall–Kier alpha value is -3.48. The number of carbonyl (C=O) groups excluding carboxylic acids is 2. The van der Waals surface area contributed by atoms with Gasteiger partial charge in [-0.15, -0.1) is 0 Å². The number of nitrogens with one attached hydrogen (secondary N) is 2. The molecule has 4 rings (SSSR count). The Balaban J connectivity index is 1.60. The Labute approximate surface area is 155 Å². The molecule has 0 saturated heterocycles. The highest BCUT2D eigenvalue weighted by Crippen LogP contribution is 2.33. The fraction of sp³-hybridized carbons (Fsp3) is 0.150. The topological polar surface area (TPSA) is 76.0 Å². The molecule has 7 heteroatoms. The molecule has 2 amide bonds. The van der Waals surface area contributed by atoms with Crippen molar-refractivity contribution >= 4 is 23.2 Å². The van der Waals surface area contributed by atoms with Gasteiger partial charge >= 0.3 is 0 Å². The van der Waals surface area contributed by atoms with Gasteiger partial charge in [-0.05, 0) is 29.8 Å². The van der Waals surface area contributed by atoms with E-state index in [0.29, 0.717) is 16.9 Å². The molecule has 2 aromatic carbocycles. The van der Waals surface area contributed by atoms with Crippen molar-refractivity contribution in [3.05, 3.63) is 66.2 Å². The first-order valence-electron chi connectivity index (χ1n) is 8.49. The zero-order valence-corrected chi connectivity index (χ0v) is 14.6. The average molecular weight is 364 g/mol. The Bertz CT molecular complexity index is 1040. The third-order valence-electron chi connectivity index (χ3n) is 4.58. The zero-order valence-electron chi connectivity index (χ0n) is 14.6. The van der Waals surface area contributed by atoms with E-state index in [9.17, 15) is 14.0 Å². The summed E-state index contributed by atoms with van der Waals surface area (Å²) in [7, 11) is 1.89. The van der Waals surface area contributed by atoms with Crippen LogP contribution in [0.15, 0.2) is 54.9 Å². The highest BCUT2D eigenvalue weighted by molar-refractivity contribution is 6.05. The molecule has 0 aliphatic carbocycles. The van der Waals surface area contributed by atoms with E-state index in [2.05, 4.69) is 15.6 Å². The van der Waals surface area contributed by atoms with E-state index in [1.807, 2.05) is 36.0 Å². The van der Waals surface area contributed by atoms with Crippen LogP contribution >= 0.6 is 0 Å². The predicted molar refractivity (Wildman–Crippen MR) is 99.7 cm³/mol. The summed E-state index contributed by atoms with van der Waals surface area (Å²) in [5.74, 6) is -0.974. The molecule has 2 heterocycles. The van der Waals surface area contributed by atoms with Gasteiger partial charge in [0.05, 0.1) is 5.92 Å². The lowest BCUT2D eigenvalue weighted by Gasteiger charge is -2.25. The Kier molecular flexibility index (Phi) is 4.19. The van der Waals surface area contributed by atoms with Crippen LogP contribution in [0, 0.1) is 5.82 Å². The first-order valence-corrected chi connectivity index (χ1v) is 8.49. The molecule has 1 aliphatic rings. The van der Waals surface area contributed by atoms with Crippen molar-refractivity contribution in [3.8, 4) is 11.4 Å². The smallest absolute Gasteiger partial charge is 0.232 e. The van der Waals surface area contributed by atoms with Crippen molar-refractivity contribution in [2.45, 2.75) is 12.3 Å². The van der Waals surface area contributed by atoms with E-state index in [1.165, 1.54) is 12.1 Å². The first kappa shape index (κ1) is 17.0. The van der Waals surface area contributed by atoms with Crippen molar-refractivity contribution in [2.24, 2.45) is 7.05 Å². The molecule has 2 N–H and O–H groups in total. The molecule has 0 spiro atoms. The van der Waals surface area contributed by atoms with Crippen LogP contribution in [0.2, 0.25) is 0 Å². The van der Waals surface area contributed by atoms with Crippen LogP contribution in [0.3, 0.4) is 0 Å².